The molecule has 0 amide bonds. The molecule has 4 aromatic rings. The Kier molecular flexibility index (Phi) is 7.44. The number of benzene rings is 2. The van der Waals surface area contributed by atoms with Crippen molar-refractivity contribution in [3.05, 3.63) is 71.9 Å². The van der Waals surface area contributed by atoms with Crippen molar-refractivity contribution in [1.82, 2.24) is 25.0 Å². The molecular formula is C25H29N5O2S. The van der Waals surface area contributed by atoms with Gasteiger partial charge in [-0.2, -0.15) is 0 Å². The molecule has 2 aromatic heterocycles. The Morgan fingerprint density at radius 3 is 2.39 bits per heavy atom. The highest BCUT2D eigenvalue weighted by molar-refractivity contribution is 7.99. The van der Waals surface area contributed by atoms with Gasteiger partial charge in [0, 0.05) is 12.1 Å². The first-order valence-electron chi connectivity index (χ1n) is 11.2. The molecule has 0 bridgehead atoms. The smallest absolute Gasteiger partial charge is 0.247 e. The molecular weight excluding hydrogens is 434 g/mol. The lowest BCUT2D eigenvalue weighted by molar-refractivity contribution is 0.284. The number of nitrogens with zero attached hydrogens (tertiary/aromatic N) is 5. The van der Waals surface area contributed by atoms with E-state index in [0.29, 0.717) is 24.3 Å². The molecule has 7 nitrogen and oxygen atoms in total. The predicted octanol–water partition coefficient (Wildman–Crippen LogP) is 5.98. The molecule has 8 heteroatoms. The molecule has 0 saturated carbocycles. The quantitative estimate of drug-likeness (QED) is 0.268. The third-order valence-electron chi connectivity index (χ3n) is 5.13. The van der Waals surface area contributed by atoms with Crippen LogP contribution < -0.4 is 4.74 Å². The second kappa shape index (κ2) is 10.7. The van der Waals surface area contributed by atoms with E-state index in [2.05, 4.69) is 57.9 Å². The SMILES string of the molecule is CCc1ccc(OCc2nnc(SC(C)c3nnc(-c4ccccc4)o3)n2CC(C)C)cc1. The van der Waals surface area contributed by atoms with Crippen molar-refractivity contribution in [2.24, 2.45) is 5.92 Å². The third-order valence-corrected chi connectivity index (χ3v) is 6.20. The van der Waals surface area contributed by atoms with Gasteiger partial charge in [-0.1, -0.05) is 62.9 Å². The van der Waals surface area contributed by atoms with Crippen molar-refractivity contribution in [3.63, 3.8) is 0 Å². The number of rotatable bonds is 10. The van der Waals surface area contributed by atoms with Crippen LogP contribution in [0.25, 0.3) is 11.5 Å². The first-order valence-corrected chi connectivity index (χ1v) is 12.1. The highest BCUT2D eigenvalue weighted by atomic mass is 32.2. The second-order valence-corrected chi connectivity index (χ2v) is 9.57. The van der Waals surface area contributed by atoms with Crippen LogP contribution in [0.15, 0.2) is 64.2 Å². The summed E-state index contributed by atoms with van der Waals surface area (Å²) in [6.45, 7) is 9.69. The number of hydrogen-bond acceptors (Lipinski definition) is 7. The van der Waals surface area contributed by atoms with Crippen LogP contribution in [0.4, 0.5) is 0 Å². The second-order valence-electron chi connectivity index (χ2n) is 8.26. The summed E-state index contributed by atoms with van der Waals surface area (Å²) in [6.07, 6.45) is 1.01. The van der Waals surface area contributed by atoms with Crippen LogP contribution in [0.5, 0.6) is 5.75 Å². The van der Waals surface area contributed by atoms with Gasteiger partial charge in [-0.05, 0) is 49.1 Å². The molecule has 0 aliphatic rings. The summed E-state index contributed by atoms with van der Waals surface area (Å²) in [5.74, 6) is 3.14. The average Bonchev–Trinajstić information content (AvgIpc) is 3.46. The number of aromatic nitrogens is 5. The maximum absolute atomic E-state index is 6.00. The van der Waals surface area contributed by atoms with Crippen molar-refractivity contribution in [2.75, 3.05) is 0 Å². The van der Waals surface area contributed by atoms with Gasteiger partial charge in [-0.15, -0.1) is 20.4 Å². The van der Waals surface area contributed by atoms with E-state index in [9.17, 15) is 0 Å². The van der Waals surface area contributed by atoms with Crippen molar-refractivity contribution >= 4 is 11.8 Å². The molecule has 4 rings (SSSR count). The lowest BCUT2D eigenvalue weighted by atomic mass is 10.2. The standard InChI is InChI=1S/C25H29N5O2S/c1-5-19-11-13-21(14-12-19)31-16-22-26-29-25(30(22)15-17(2)3)33-18(4)23-27-28-24(32-23)20-9-7-6-8-10-20/h6-14,17-18H,5,15-16H2,1-4H3. The van der Waals surface area contributed by atoms with Crippen LogP contribution in [0.3, 0.4) is 0 Å². The first kappa shape index (κ1) is 23.0. The van der Waals surface area contributed by atoms with E-state index in [0.717, 1.165) is 35.3 Å². The normalized spacial score (nSPS) is 12.3. The largest absolute Gasteiger partial charge is 0.486 e. The maximum atomic E-state index is 6.00. The van der Waals surface area contributed by atoms with Crippen LogP contribution in [0.1, 0.15) is 50.2 Å². The molecule has 172 valence electrons. The molecule has 0 spiro atoms. The summed E-state index contributed by atoms with van der Waals surface area (Å²) < 4.78 is 14.1. The molecule has 1 atom stereocenters. The number of hydrogen-bond donors (Lipinski definition) is 0. The average molecular weight is 464 g/mol. The summed E-state index contributed by atoms with van der Waals surface area (Å²) in [7, 11) is 0. The zero-order valence-electron chi connectivity index (χ0n) is 19.4. The molecule has 0 aliphatic carbocycles. The van der Waals surface area contributed by atoms with Gasteiger partial charge in [0.25, 0.3) is 0 Å². The fraction of sp³-hybridized carbons (Fsp3) is 0.360. The molecule has 0 radical (unpaired) electrons. The van der Waals surface area contributed by atoms with Crippen molar-refractivity contribution in [2.45, 2.75) is 57.7 Å². The van der Waals surface area contributed by atoms with E-state index >= 15 is 0 Å². The van der Waals surface area contributed by atoms with Crippen LogP contribution in [-0.4, -0.2) is 25.0 Å². The van der Waals surface area contributed by atoms with Gasteiger partial charge in [0.1, 0.15) is 12.4 Å². The summed E-state index contributed by atoms with van der Waals surface area (Å²) in [6, 6.07) is 18.0. The molecule has 2 heterocycles. The van der Waals surface area contributed by atoms with Gasteiger partial charge < -0.3 is 13.7 Å². The highest BCUT2D eigenvalue weighted by Crippen LogP contribution is 2.35. The minimum atomic E-state index is -0.0690. The number of aryl methyl sites for hydroxylation is 1. The Morgan fingerprint density at radius 1 is 0.939 bits per heavy atom. The van der Waals surface area contributed by atoms with Crippen molar-refractivity contribution < 1.29 is 9.15 Å². The van der Waals surface area contributed by atoms with Gasteiger partial charge in [0.15, 0.2) is 11.0 Å². The zero-order chi connectivity index (χ0) is 23.2. The number of ether oxygens (including phenoxy) is 1. The minimum Gasteiger partial charge on any atom is -0.486 e. The minimum absolute atomic E-state index is 0.0690. The Balaban J connectivity index is 1.47. The third kappa shape index (κ3) is 5.82. The summed E-state index contributed by atoms with van der Waals surface area (Å²) in [5.41, 5.74) is 2.19. The van der Waals surface area contributed by atoms with Gasteiger partial charge >= 0.3 is 0 Å². The maximum Gasteiger partial charge on any atom is 0.247 e. The molecule has 0 N–H and O–H groups in total. The van der Waals surface area contributed by atoms with E-state index in [1.165, 1.54) is 5.56 Å². The van der Waals surface area contributed by atoms with E-state index in [4.69, 9.17) is 9.15 Å². The fourth-order valence-electron chi connectivity index (χ4n) is 3.34. The lowest BCUT2D eigenvalue weighted by Gasteiger charge is -2.14. The van der Waals surface area contributed by atoms with E-state index in [-0.39, 0.29) is 5.25 Å². The summed E-state index contributed by atoms with van der Waals surface area (Å²) >= 11 is 1.56. The van der Waals surface area contributed by atoms with Crippen molar-refractivity contribution in [1.29, 1.82) is 0 Å². The summed E-state index contributed by atoms with van der Waals surface area (Å²) in [5, 5.41) is 18.1. The van der Waals surface area contributed by atoms with Gasteiger partial charge in [0.05, 0.1) is 5.25 Å². The Hall–Kier alpha value is -3.13. The van der Waals surface area contributed by atoms with Crippen LogP contribution in [0, 0.1) is 5.92 Å². The zero-order valence-corrected chi connectivity index (χ0v) is 20.2. The molecule has 0 aliphatic heterocycles. The van der Waals surface area contributed by atoms with E-state index < -0.39 is 0 Å². The molecule has 33 heavy (non-hydrogen) atoms. The van der Waals surface area contributed by atoms with Gasteiger partial charge in [-0.3, -0.25) is 0 Å². The molecule has 2 aromatic carbocycles. The van der Waals surface area contributed by atoms with E-state index in [1.54, 1.807) is 11.8 Å². The highest BCUT2D eigenvalue weighted by Gasteiger charge is 2.21. The summed E-state index contributed by atoms with van der Waals surface area (Å²) in [4.78, 5) is 0. The molecule has 1 unspecified atom stereocenters. The van der Waals surface area contributed by atoms with Crippen LogP contribution >= 0.6 is 11.8 Å². The Bertz CT molecular complexity index is 1160. The van der Waals surface area contributed by atoms with Gasteiger partial charge in [-0.25, -0.2) is 0 Å². The molecule has 0 saturated heterocycles. The van der Waals surface area contributed by atoms with E-state index in [1.807, 2.05) is 49.4 Å². The van der Waals surface area contributed by atoms with Crippen LogP contribution in [0.2, 0.25) is 0 Å². The van der Waals surface area contributed by atoms with Crippen molar-refractivity contribution in [3.8, 4) is 17.2 Å². The predicted molar refractivity (Wildman–Crippen MR) is 129 cm³/mol. The van der Waals surface area contributed by atoms with Crippen LogP contribution in [-0.2, 0) is 19.6 Å². The molecule has 0 fully saturated rings. The lowest BCUT2D eigenvalue weighted by Crippen LogP contribution is -2.12. The monoisotopic (exact) mass is 463 g/mol. The Morgan fingerprint density at radius 2 is 1.70 bits per heavy atom. The Labute approximate surface area is 198 Å². The first-order chi connectivity index (χ1) is 16.0. The van der Waals surface area contributed by atoms with Gasteiger partial charge in [0.2, 0.25) is 11.8 Å². The number of thioether (sulfide) groups is 1. The fourth-order valence-corrected chi connectivity index (χ4v) is 4.24. The topological polar surface area (TPSA) is 78.9 Å².